The van der Waals surface area contributed by atoms with Crippen molar-refractivity contribution in [1.29, 1.82) is 0 Å². The first-order valence-corrected chi connectivity index (χ1v) is 7.23. The zero-order chi connectivity index (χ0) is 16.2. The molecule has 1 rings (SSSR count). The largest absolute Gasteiger partial charge is 0.480 e. The van der Waals surface area contributed by atoms with Crippen LogP contribution in [0.5, 0.6) is 0 Å². The summed E-state index contributed by atoms with van der Waals surface area (Å²) in [5.41, 5.74) is 0.526. The van der Waals surface area contributed by atoms with Gasteiger partial charge in [0.05, 0.1) is 11.6 Å². The van der Waals surface area contributed by atoms with Gasteiger partial charge < -0.3 is 10.0 Å². The third kappa shape index (κ3) is 5.43. The third-order valence-corrected chi connectivity index (χ3v) is 3.83. The average Bonchev–Trinajstić information content (AvgIpc) is 2.37. The second kappa shape index (κ2) is 7.94. The number of benzene rings is 1. The Kier molecular flexibility index (Phi) is 6.87. The van der Waals surface area contributed by atoms with Gasteiger partial charge in [0, 0.05) is 24.2 Å². The van der Waals surface area contributed by atoms with E-state index in [0.29, 0.717) is 23.7 Å². The van der Waals surface area contributed by atoms with Gasteiger partial charge in [-0.25, -0.2) is 4.39 Å². The molecule has 1 atom stereocenters. The number of hydrogen-bond donors (Lipinski definition) is 1. The van der Waals surface area contributed by atoms with Crippen LogP contribution < -0.4 is 0 Å². The van der Waals surface area contributed by atoms with Crippen molar-refractivity contribution in [2.45, 2.75) is 13.0 Å². The normalized spacial score (nSPS) is 13.0. The molecule has 0 aliphatic carbocycles. The molecule has 0 fully saturated rings. The molecule has 0 aliphatic rings. The van der Waals surface area contributed by atoms with E-state index in [9.17, 15) is 9.18 Å². The molecule has 1 unspecified atom stereocenters. The minimum Gasteiger partial charge on any atom is -0.480 e. The number of carbonyl (C=O) groups is 1. The van der Waals surface area contributed by atoms with Gasteiger partial charge >= 0.3 is 5.97 Å². The van der Waals surface area contributed by atoms with E-state index in [-0.39, 0.29) is 17.6 Å². The lowest BCUT2D eigenvalue weighted by Gasteiger charge is -2.29. The summed E-state index contributed by atoms with van der Waals surface area (Å²) in [6.45, 7) is 2.87. The molecule has 0 bridgehead atoms. The van der Waals surface area contributed by atoms with Crippen LogP contribution in [0.15, 0.2) is 12.1 Å². The van der Waals surface area contributed by atoms with E-state index in [1.165, 1.54) is 12.1 Å². The SMILES string of the molecule is CC(c1cc(F)c(Cl)cc1Cl)N(CCN(C)C)CC(=O)O. The van der Waals surface area contributed by atoms with Gasteiger partial charge in [0.15, 0.2) is 0 Å². The van der Waals surface area contributed by atoms with Crippen LogP contribution in [0.25, 0.3) is 0 Å². The summed E-state index contributed by atoms with van der Waals surface area (Å²) < 4.78 is 13.6. The van der Waals surface area contributed by atoms with Crippen LogP contribution in [0.4, 0.5) is 4.39 Å². The van der Waals surface area contributed by atoms with E-state index in [2.05, 4.69) is 0 Å². The van der Waals surface area contributed by atoms with E-state index in [4.69, 9.17) is 28.3 Å². The predicted octanol–water partition coefficient (Wildman–Crippen LogP) is 3.14. The Morgan fingerprint density at radius 2 is 1.90 bits per heavy atom. The van der Waals surface area contributed by atoms with Gasteiger partial charge in [0.1, 0.15) is 5.82 Å². The second-order valence-corrected chi connectivity index (χ2v) is 5.95. The molecular weight excluding hydrogens is 318 g/mol. The Labute approximate surface area is 134 Å². The number of rotatable bonds is 7. The fraction of sp³-hybridized carbons (Fsp3) is 0.500. The van der Waals surface area contributed by atoms with Crippen LogP contribution in [0.1, 0.15) is 18.5 Å². The van der Waals surface area contributed by atoms with Gasteiger partial charge in [-0.2, -0.15) is 0 Å². The van der Waals surface area contributed by atoms with Crippen LogP contribution in [-0.4, -0.2) is 54.6 Å². The highest BCUT2D eigenvalue weighted by molar-refractivity contribution is 6.35. The minimum absolute atomic E-state index is 0.0472. The molecule has 0 saturated carbocycles. The van der Waals surface area contributed by atoms with Gasteiger partial charge in [-0.3, -0.25) is 9.69 Å². The molecule has 118 valence electrons. The number of carboxylic acids is 1. The lowest BCUT2D eigenvalue weighted by Crippen LogP contribution is -2.37. The number of halogens is 3. The summed E-state index contributed by atoms with van der Waals surface area (Å²) in [5.74, 6) is -1.50. The highest BCUT2D eigenvalue weighted by Crippen LogP contribution is 2.31. The lowest BCUT2D eigenvalue weighted by atomic mass is 10.1. The smallest absolute Gasteiger partial charge is 0.317 e. The van der Waals surface area contributed by atoms with Crippen molar-refractivity contribution in [2.24, 2.45) is 0 Å². The van der Waals surface area contributed by atoms with Gasteiger partial charge in [-0.15, -0.1) is 0 Å². The summed E-state index contributed by atoms with van der Waals surface area (Å²) in [4.78, 5) is 14.7. The fourth-order valence-corrected chi connectivity index (χ4v) is 2.51. The van der Waals surface area contributed by atoms with E-state index in [1.807, 2.05) is 19.0 Å². The molecule has 0 saturated heterocycles. The van der Waals surface area contributed by atoms with Crippen molar-refractivity contribution in [2.75, 3.05) is 33.7 Å². The van der Waals surface area contributed by atoms with Gasteiger partial charge in [0.25, 0.3) is 0 Å². The first-order valence-electron chi connectivity index (χ1n) is 6.47. The second-order valence-electron chi connectivity index (χ2n) is 5.13. The van der Waals surface area contributed by atoms with Crippen molar-refractivity contribution < 1.29 is 14.3 Å². The summed E-state index contributed by atoms with van der Waals surface area (Å²) in [6, 6.07) is 2.27. The molecule has 1 aromatic rings. The zero-order valence-electron chi connectivity index (χ0n) is 12.2. The fourth-order valence-electron chi connectivity index (χ4n) is 1.97. The number of carboxylic acid groups (broad SMARTS) is 1. The molecule has 0 aliphatic heterocycles. The Bertz CT molecular complexity index is 512. The predicted molar refractivity (Wildman–Crippen MR) is 82.6 cm³/mol. The Morgan fingerprint density at radius 1 is 1.29 bits per heavy atom. The van der Waals surface area contributed by atoms with E-state index in [0.717, 1.165) is 0 Å². The van der Waals surface area contributed by atoms with Crippen molar-refractivity contribution in [3.8, 4) is 0 Å². The van der Waals surface area contributed by atoms with Crippen LogP contribution >= 0.6 is 23.2 Å². The van der Waals surface area contributed by atoms with Crippen LogP contribution in [-0.2, 0) is 4.79 Å². The first-order chi connectivity index (χ1) is 9.72. The standard InChI is InChI=1S/C14H19Cl2FN2O2/c1-9(10-6-13(17)12(16)7-11(10)15)19(8-14(20)21)5-4-18(2)3/h6-7,9H,4-5,8H2,1-3H3,(H,20,21). The number of hydrogen-bond acceptors (Lipinski definition) is 3. The maximum absolute atomic E-state index is 13.6. The number of nitrogens with zero attached hydrogens (tertiary/aromatic N) is 2. The van der Waals surface area contributed by atoms with E-state index >= 15 is 0 Å². The van der Waals surface area contributed by atoms with Gasteiger partial charge in [0.2, 0.25) is 0 Å². The monoisotopic (exact) mass is 336 g/mol. The number of likely N-dealkylation sites (N-methyl/N-ethyl adjacent to an activating group) is 1. The zero-order valence-corrected chi connectivity index (χ0v) is 13.7. The summed E-state index contributed by atoms with van der Waals surface area (Å²) in [7, 11) is 3.80. The van der Waals surface area contributed by atoms with Crippen molar-refractivity contribution in [1.82, 2.24) is 9.80 Å². The molecule has 4 nitrogen and oxygen atoms in total. The van der Waals surface area contributed by atoms with Crippen LogP contribution in [0.3, 0.4) is 0 Å². The lowest BCUT2D eigenvalue weighted by molar-refractivity contribution is -0.138. The van der Waals surface area contributed by atoms with E-state index in [1.54, 1.807) is 11.8 Å². The molecule has 21 heavy (non-hydrogen) atoms. The Balaban J connectivity index is 3.00. The van der Waals surface area contributed by atoms with Crippen LogP contribution in [0.2, 0.25) is 10.0 Å². The summed E-state index contributed by atoms with van der Waals surface area (Å²) >= 11 is 11.8. The van der Waals surface area contributed by atoms with Crippen molar-refractivity contribution >= 4 is 29.2 Å². The molecule has 0 heterocycles. The minimum atomic E-state index is -0.939. The molecule has 0 spiro atoms. The molecule has 1 N–H and O–H groups in total. The number of aliphatic carboxylic acids is 1. The van der Waals surface area contributed by atoms with Gasteiger partial charge in [-0.05, 0) is 38.7 Å². The molecule has 0 aromatic heterocycles. The molecule has 0 amide bonds. The van der Waals surface area contributed by atoms with Gasteiger partial charge in [-0.1, -0.05) is 23.2 Å². The quantitative estimate of drug-likeness (QED) is 0.777. The van der Waals surface area contributed by atoms with Crippen molar-refractivity contribution in [3.05, 3.63) is 33.6 Å². The molecule has 0 radical (unpaired) electrons. The third-order valence-electron chi connectivity index (χ3n) is 3.21. The van der Waals surface area contributed by atoms with Crippen LogP contribution in [0, 0.1) is 5.82 Å². The molecule has 7 heteroatoms. The summed E-state index contributed by atoms with van der Waals surface area (Å²) in [6.07, 6.45) is 0. The average molecular weight is 337 g/mol. The summed E-state index contributed by atoms with van der Waals surface area (Å²) in [5, 5.41) is 9.31. The van der Waals surface area contributed by atoms with E-state index < -0.39 is 11.8 Å². The highest BCUT2D eigenvalue weighted by atomic mass is 35.5. The maximum atomic E-state index is 13.6. The molecular formula is C14H19Cl2FN2O2. The Morgan fingerprint density at radius 3 is 2.43 bits per heavy atom. The highest BCUT2D eigenvalue weighted by Gasteiger charge is 2.22. The Hall–Kier alpha value is -0.880. The molecule has 1 aromatic carbocycles. The van der Waals surface area contributed by atoms with Crippen molar-refractivity contribution in [3.63, 3.8) is 0 Å². The topological polar surface area (TPSA) is 43.8 Å². The maximum Gasteiger partial charge on any atom is 0.317 e. The first kappa shape index (κ1) is 18.2.